The first-order valence-electron chi connectivity index (χ1n) is 6.35. The van der Waals surface area contributed by atoms with Gasteiger partial charge in [0.05, 0.1) is 17.6 Å². The van der Waals surface area contributed by atoms with Gasteiger partial charge in [-0.1, -0.05) is 24.3 Å². The first-order valence-corrected chi connectivity index (χ1v) is 6.35. The second kappa shape index (κ2) is 6.53. The minimum Gasteiger partial charge on any atom is -0.504 e. The molecule has 2 rings (SSSR count). The lowest BCUT2D eigenvalue weighted by Gasteiger charge is -2.03. The summed E-state index contributed by atoms with van der Waals surface area (Å²) >= 11 is 0. The van der Waals surface area contributed by atoms with E-state index in [-0.39, 0.29) is 17.0 Å². The number of rotatable bonds is 5. The molecule has 6 heteroatoms. The Morgan fingerprint density at radius 1 is 1.27 bits per heavy atom. The van der Waals surface area contributed by atoms with Crippen molar-refractivity contribution in [2.45, 2.75) is 0 Å². The highest BCUT2D eigenvalue weighted by atomic mass is 16.6. The lowest BCUT2D eigenvalue weighted by molar-refractivity contribution is -0.385. The van der Waals surface area contributed by atoms with E-state index in [1.807, 2.05) is 0 Å². The molecule has 0 aliphatic carbocycles. The molecule has 0 unspecified atom stereocenters. The fourth-order valence-corrected chi connectivity index (χ4v) is 1.91. The summed E-state index contributed by atoms with van der Waals surface area (Å²) in [5, 5.41) is 20.6. The zero-order chi connectivity index (χ0) is 16.1. The van der Waals surface area contributed by atoms with Crippen LogP contribution < -0.4 is 4.74 Å². The lowest BCUT2D eigenvalue weighted by Crippen LogP contribution is -2.00. The van der Waals surface area contributed by atoms with Crippen molar-refractivity contribution in [3.63, 3.8) is 0 Å². The molecule has 0 aliphatic heterocycles. The Kier molecular flexibility index (Phi) is 4.53. The van der Waals surface area contributed by atoms with Gasteiger partial charge in [0.25, 0.3) is 5.69 Å². The molecule has 0 amide bonds. The number of carbonyl (C=O) groups is 1. The molecule has 0 bridgehead atoms. The average Bonchev–Trinajstić information content (AvgIpc) is 2.52. The maximum Gasteiger partial charge on any atom is 0.280 e. The topological polar surface area (TPSA) is 89.7 Å². The zero-order valence-electron chi connectivity index (χ0n) is 11.7. The van der Waals surface area contributed by atoms with Crippen molar-refractivity contribution >= 4 is 17.5 Å². The number of para-hydroxylation sites is 1. The van der Waals surface area contributed by atoms with Crippen LogP contribution in [0.3, 0.4) is 0 Å². The van der Waals surface area contributed by atoms with Crippen molar-refractivity contribution in [3.8, 4) is 11.5 Å². The summed E-state index contributed by atoms with van der Waals surface area (Å²) in [7, 11) is 1.43. The zero-order valence-corrected chi connectivity index (χ0v) is 11.7. The van der Waals surface area contributed by atoms with Crippen molar-refractivity contribution in [2.24, 2.45) is 0 Å². The number of methoxy groups -OCH3 is 1. The second-order valence-electron chi connectivity index (χ2n) is 4.40. The highest BCUT2D eigenvalue weighted by Crippen LogP contribution is 2.27. The smallest absolute Gasteiger partial charge is 0.280 e. The quantitative estimate of drug-likeness (QED) is 0.396. The van der Waals surface area contributed by atoms with Gasteiger partial charge < -0.3 is 9.84 Å². The summed E-state index contributed by atoms with van der Waals surface area (Å²) in [6.45, 7) is 0. The Morgan fingerprint density at radius 2 is 2.00 bits per heavy atom. The molecule has 2 aromatic carbocycles. The molecule has 112 valence electrons. The van der Waals surface area contributed by atoms with Crippen LogP contribution in [-0.4, -0.2) is 22.9 Å². The van der Waals surface area contributed by atoms with Gasteiger partial charge in [-0.2, -0.15) is 0 Å². The van der Waals surface area contributed by atoms with Crippen molar-refractivity contribution in [1.29, 1.82) is 0 Å². The van der Waals surface area contributed by atoms with Crippen molar-refractivity contribution < 1.29 is 19.6 Å². The Morgan fingerprint density at radius 3 is 2.64 bits per heavy atom. The summed E-state index contributed by atoms with van der Waals surface area (Å²) in [6, 6.07) is 10.4. The van der Waals surface area contributed by atoms with Crippen molar-refractivity contribution in [2.75, 3.05) is 7.11 Å². The number of ether oxygens (including phenoxy) is 1. The molecule has 0 saturated carbocycles. The van der Waals surface area contributed by atoms with E-state index in [4.69, 9.17) is 4.74 Å². The number of nitro groups is 1. The number of ketones is 1. The molecular formula is C16H13NO5. The van der Waals surface area contributed by atoms with E-state index in [1.54, 1.807) is 18.2 Å². The second-order valence-corrected chi connectivity index (χ2v) is 4.40. The Balaban J connectivity index is 2.25. The van der Waals surface area contributed by atoms with Crippen LogP contribution in [0.2, 0.25) is 0 Å². The summed E-state index contributed by atoms with van der Waals surface area (Å²) in [6.07, 6.45) is 2.70. The van der Waals surface area contributed by atoms with E-state index in [9.17, 15) is 20.0 Å². The Bertz CT molecular complexity index is 752. The summed E-state index contributed by atoms with van der Waals surface area (Å²) in [5.41, 5.74) is 0.349. The van der Waals surface area contributed by atoms with Crippen molar-refractivity contribution in [3.05, 3.63) is 69.8 Å². The molecule has 0 saturated heterocycles. The van der Waals surface area contributed by atoms with Crippen LogP contribution in [0.15, 0.2) is 48.5 Å². The van der Waals surface area contributed by atoms with Gasteiger partial charge in [0.1, 0.15) is 0 Å². The fraction of sp³-hybridized carbons (Fsp3) is 0.0625. The highest BCUT2D eigenvalue weighted by Gasteiger charge is 2.16. The summed E-state index contributed by atoms with van der Waals surface area (Å²) in [5.74, 6) is -0.215. The normalized spacial score (nSPS) is 10.6. The van der Waals surface area contributed by atoms with Crippen LogP contribution >= 0.6 is 0 Å². The monoisotopic (exact) mass is 299 g/mol. The van der Waals surface area contributed by atoms with Crippen molar-refractivity contribution in [1.82, 2.24) is 0 Å². The van der Waals surface area contributed by atoms with Gasteiger partial charge in [0.2, 0.25) is 0 Å². The standard InChI is InChI=1S/C16H13NO5/c1-22-16-9-7-11(10-15(16)19)6-8-14(18)12-4-2-3-5-13(12)17(20)21/h2-10,19H,1H3/b8-6+. The third-order valence-electron chi connectivity index (χ3n) is 3.00. The van der Waals surface area contributed by atoms with Gasteiger partial charge in [0, 0.05) is 6.07 Å². The molecule has 22 heavy (non-hydrogen) atoms. The summed E-state index contributed by atoms with van der Waals surface area (Å²) in [4.78, 5) is 22.4. The van der Waals surface area contributed by atoms with Crippen LogP contribution in [0.5, 0.6) is 11.5 Å². The molecule has 0 fully saturated rings. The number of allylic oxidation sites excluding steroid dienone is 1. The van der Waals surface area contributed by atoms with Gasteiger partial charge >= 0.3 is 0 Å². The number of hydrogen-bond acceptors (Lipinski definition) is 5. The molecule has 6 nitrogen and oxygen atoms in total. The van der Waals surface area contributed by atoms with Crippen LogP contribution in [0.4, 0.5) is 5.69 Å². The molecule has 0 spiro atoms. The van der Waals surface area contributed by atoms with E-state index in [2.05, 4.69) is 0 Å². The fourth-order valence-electron chi connectivity index (χ4n) is 1.91. The van der Waals surface area contributed by atoms with Crippen LogP contribution in [0, 0.1) is 10.1 Å². The first kappa shape index (κ1) is 15.2. The third-order valence-corrected chi connectivity index (χ3v) is 3.00. The molecule has 0 radical (unpaired) electrons. The predicted octanol–water partition coefficient (Wildman–Crippen LogP) is 3.21. The minimum atomic E-state index is -0.597. The number of carbonyl (C=O) groups excluding carboxylic acids is 1. The molecule has 2 aromatic rings. The number of benzene rings is 2. The number of nitrogens with zero attached hydrogens (tertiary/aromatic N) is 1. The largest absolute Gasteiger partial charge is 0.504 e. The molecule has 0 aromatic heterocycles. The van der Waals surface area contributed by atoms with E-state index in [0.717, 1.165) is 0 Å². The number of phenols is 1. The van der Waals surface area contributed by atoms with Gasteiger partial charge in [-0.05, 0) is 29.8 Å². The van der Waals surface area contributed by atoms with Gasteiger partial charge in [-0.15, -0.1) is 0 Å². The minimum absolute atomic E-state index is 0.0153. The molecule has 0 heterocycles. The van der Waals surface area contributed by atoms with Gasteiger partial charge in [-0.25, -0.2) is 0 Å². The van der Waals surface area contributed by atoms with E-state index in [1.165, 1.54) is 43.5 Å². The molecule has 0 aliphatic rings. The first-order chi connectivity index (χ1) is 10.5. The van der Waals surface area contributed by atoms with E-state index in [0.29, 0.717) is 11.3 Å². The number of nitro benzene ring substituents is 1. The van der Waals surface area contributed by atoms with Gasteiger partial charge in [-0.3, -0.25) is 14.9 Å². The molecule has 0 atom stereocenters. The Labute approximate surface area is 126 Å². The number of hydrogen-bond donors (Lipinski definition) is 1. The maximum absolute atomic E-state index is 12.1. The lowest BCUT2D eigenvalue weighted by atomic mass is 10.1. The van der Waals surface area contributed by atoms with E-state index >= 15 is 0 Å². The third kappa shape index (κ3) is 3.29. The van der Waals surface area contributed by atoms with Crippen LogP contribution in [-0.2, 0) is 0 Å². The van der Waals surface area contributed by atoms with Crippen LogP contribution in [0.25, 0.3) is 6.08 Å². The van der Waals surface area contributed by atoms with Crippen LogP contribution in [0.1, 0.15) is 15.9 Å². The predicted molar refractivity (Wildman–Crippen MR) is 81.1 cm³/mol. The average molecular weight is 299 g/mol. The molecule has 1 N–H and O–H groups in total. The summed E-state index contributed by atoms with van der Waals surface area (Å²) < 4.78 is 4.92. The maximum atomic E-state index is 12.1. The van der Waals surface area contributed by atoms with E-state index < -0.39 is 10.7 Å². The molecular weight excluding hydrogens is 286 g/mol. The van der Waals surface area contributed by atoms with Gasteiger partial charge in [0.15, 0.2) is 17.3 Å². The Hall–Kier alpha value is -3.15. The number of aromatic hydroxyl groups is 1. The highest BCUT2D eigenvalue weighted by molar-refractivity contribution is 6.09. The SMILES string of the molecule is COc1ccc(/C=C/C(=O)c2ccccc2[N+](=O)[O-])cc1O. The number of phenolic OH excluding ortho intramolecular Hbond substituents is 1.